The van der Waals surface area contributed by atoms with Gasteiger partial charge in [-0.1, -0.05) is 0 Å². The van der Waals surface area contributed by atoms with Gasteiger partial charge in [0.25, 0.3) is 0 Å². The Morgan fingerprint density at radius 3 is 3.06 bits per heavy atom. The van der Waals surface area contributed by atoms with Crippen LogP contribution < -0.4 is 10.6 Å². The van der Waals surface area contributed by atoms with Crippen LogP contribution in [0.5, 0.6) is 0 Å². The summed E-state index contributed by atoms with van der Waals surface area (Å²) in [4.78, 5) is 8.85. The van der Waals surface area contributed by atoms with Crippen molar-refractivity contribution in [3.8, 4) is 0 Å². The molecule has 4 heteroatoms. The molecule has 0 saturated carbocycles. The van der Waals surface area contributed by atoms with Gasteiger partial charge < -0.3 is 10.6 Å². The maximum Gasteiger partial charge on any atom is 0.132 e. The van der Waals surface area contributed by atoms with Crippen LogP contribution in [0.15, 0.2) is 6.33 Å². The maximum absolute atomic E-state index is 4.43. The molecule has 1 aromatic rings. The lowest BCUT2D eigenvalue weighted by molar-refractivity contribution is 0.392. The van der Waals surface area contributed by atoms with Crippen LogP contribution in [0.3, 0.4) is 0 Å². The third-order valence-electron chi connectivity index (χ3n) is 4.08. The van der Waals surface area contributed by atoms with Crippen LogP contribution in [0.25, 0.3) is 0 Å². The summed E-state index contributed by atoms with van der Waals surface area (Å²) >= 11 is 0. The number of aryl methyl sites for hydroxylation is 1. The largest absolute Gasteiger partial charge is 0.369 e. The van der Waals surface area contributed by atoms with Gasteiger partial charge in [-0.25, -0.2) is 9.97 Å². The molecule has 1 aliphatic heterocycles. The molecular formula is C14H22N4. The van der Waals surface area contributed by atoms with E-state index < -0.39 is 0 Å². The zero-order valence-corrected chi connectivity index (χ0v) is 10.9. The average Bonchev–Trinajstić information content (AvgIpc) is 2.46. The van der Waals surface area contributed by atoms with Crippen molar-refractivity contribution >= 4 is 5.82 Å². The first kappa shape index (κ1) is 11.9. The Morgan fingerprint density at radius 2 is 2.17 bits per heavy atom. The van der Waals surface area contributed by atoms with E-state index >= 15 is 0 Å². The van der Waals surface area contributed by atoms with E-state index in [0.29, 0.717) is 0 Å². The van der Waals surface area contributed by atoms with Gasteiger partial charge in [-0.2, -0.15) is 0 Å². The molecule has 4 nitrogen and oxygen atoms in total. The molecule has 0 spiro atoms. The van der Waals surface area contributed by atoms with Gasteiger partial charge >= 0.3 is 0 Å². The topological polar surface area (TPSA) is 49.8 Å². The lowest BCUT2D eigenvalue weighted by Gasteiger charge is -2.24. The van der Waals surface area contributed by atoms with Crippen LogP contribution >= 0.6 is 0 Å². The van der Waals surface area contributed by atoms with E-state index in [9.17, 15) is 0 Å². The van der Waals surface area contributed by atoms with Crippen LogP contribution in [-0.4, -0.2) is 29.6 Å². The molecule has 1 fully saturated rings. The fourth-order valence-electron chi connectivity index (χ4n) is 3.01. The molecule has 1 unspecified atom stereocenters. The molecule has 1 saturated heterocycles. The number of hydrogen-bond acceptors (Lipinski definition) is 4. The number of aromatic nitrogens is 2. The molecule has 18 heavy (non-hydrogen) atoms. The van der Waals surface area contributed by atoms with Crippen molar-refractivity contribution in [2.24, 2.45) is 5.92 Å². The SMILES string of the molecule is c1nc2c(c(NCC3CCCNC3)n1)CCCC2. The predicted molar refractivity (Wildman–Crippen MR) is 72.8 cm³/mol. The molecule has 0 amide bonds. The van der Waals surface area contributed by atoms with Gasteiger partial charge in [-0.3, -0.25) is 0 Å². The van der Waals surface area contributed by atoms with E-state index in [1.54, 1.807) is 6.33 Å². The third-order valence-corrected chi connectivity index (χ3v) is 4.08. The second-order valence-electron chi connectivity index (χ2n) is 5.45. The third kappa shape index (κ3) is 2.64. The van der Waals surface area contributed by atoms with E-state index in [2.05, 4.69) is 20.6 Å². The van der Waals surface area contributed by atoms with Gasteiger partial charge in [-0.05, 0) is 57.5 Å². The highest BCUT2D eigenvalue weighted by molar-refractivity contribution is 5.46. The van der Waals surface area contributed by atoms with Crippen molar-refractivity contribution in [3.05, 3.63) is 17.6 Å². The summed E-state index contributed by atoms with van der Waals surface area (Å²) in [5.74, 6) is 1.83. The minimum Gasteiger partial charge on any atom is -0.369 e. The minimum atomic E-state index is 0.743. The van der Waals surface area contributed by atoms with Gasteiger partial charge in [0.1, 0.15) is 12.1 Å². The Hall–Kier alpha value is -1.16. The summed E-state index contributed by atoms with van der Waals surface area (Å²) in [5.41, 5.74) is 2.63. The number of fused-ring (bicyclic) bond motifs is 1. The lowest BCUT2D eigenvalue weighted by Crippen LogP contribution is -2.33. The second-order valence-corrected chi connectivity index (χ2v) is 5.45. The summed E-state index contributed by atoms with van der Waals surface area (Å²) in [6.07, 6.45) is 9.15. The van der Waals surface area contributed by atoms with Crippen molar-refractivity contribution < 1.29 is 0 Å². The molecule has 2 heterocycles. The van der Waals surface area contributed by atoms with Crippen LogP contribution in [-0.2, 0) is 12.8 Å². The number of nitrogens with one attached hydrogen (secondary N) is 2. The molecule has 1 aromatic heterocycles. The molecule has 3 rings (SSSR count). The van der Waals surface area contributed by atoms with Crippen LogP contribution in [0.4, 0.5) is 5.82 Å². The molecule has 0 radical (unpaired) electrons. The number of rotatable bonds is 3. The van der Waals surface area contributed by atoms with Gasteiger partial charge in [-0.15, -0.1) is 0 Å². The monoisotopic (exact) mass is 246 g/mol. The summed E-state index contributed by atoms with van der Waals surface area (Å²) in [6, 6.07) is 0. The smallest absolute Gasteiger partial charge is 0.132 e. The molecule has 98 valence electrons. The summed E-state index contributed by atoms with van der Waals surface area (Å²) < 4.78 is 0. The Bertz CT molecular complexity index is 399. The Kier molecular flexibility index (Phi) is 3.74. The van der Waals surface area contributed by atoms with Gasteiger partial charge in [0, 0.05) is 17.8 Å². The maximum atomic E-state index is 4.43. The van der Waals surface area contributed by atoms with Gasteiger partial charge in [0.2, 0.25) is 0 Å². The summed E-state index contributed by atoms with van der Waals surface area (Å²) in [6.45, 7) is 3.36. The quantitative estimate of drug-likeness (QED) is 0.853. The van der Waals surface area contributed by atoms with Crippen molar-refractivity contribution in [2.75, 3.05) is 25.0 Å². The first-order valence-corrected chi connectivity index (χ1v) is 7.21. The number of hydrogen-bond donors (Lipinski definition) is 2. The molecule has 2 aliphatic rings. The standard InChI is InChI=1S/C14H22N4/c1-2-6-13-12(5-1)14(18-10-17-13)16-9-11-4-3-7-15-8-11/h10-11,15H,1-9H2,(H,16,17,18). The highest BCUT2D eigenvalue weighted by Gasteiger charge is 2.17. The van der Waals surface area contributed by atoms with Crippen molar-refractivity contribution in [2.45, 2.75) is 38.5 Å². The van der Waals surface area contributed by atoms with Crippen molar-refractivity contribution in [1.82, 2.24) is 15.3 Å². The van der Waals surface area contributed by atoms with Crippen LogP contribution in [0, 0.1) is 5.92 Å². The second kappa shape index (κ2) is 5.65. The molecule has 1 aliphatic carbocycles. The number of piperidine rings is 1. The summed E-state index contributed by atoms with van der Waals surface area (Å²) in [7, 11) is 0. The van der Waals surface area contributed by atoms with E-state index in [-0.39, 0.29) is 0 Å². The van der Waals surface area contributed by atoms with Crippen LogP contribution in [0.1, 0.15) is 36.9 Å². The minimum absolute atomic E-state index is 0.743. The zero-order valence-electron chi connectivity index (χ0n) is 10.9. The molecule has 2 N–H and O–H groups in total. The molecular weight excluding hydrogens is 224 g/mol. The first-order valence-electron chi connectivity index (χ1n) is 7.21. The van der Waals surface area contributed by atoms with Crippen molar-refractivity contribution in [3.63, 3.8) is 0 Å². The highest BCUT2D eigenvalue weighted by Crippen LogP contribution is 2.24. The fraction of sp³-hybridized carbons (Fsp3) is 0.714. The van der Waals surface area contributed by atoms with Crippen molar-refractivity contribution in [1.29, 1.82) is 0 Å². The molecule has 0 bridgehead atoms. The first-order chi connectivity index (χ1) is 8.93. The Morgan fingerprint density at radius 1 is 1.22 bits per heavy atom. The van der Waals surface area contributed by atoms with E-state index in [1.165, 1.54) is 43.5 Å². The van der Waals surface area contributed by atoms with E-state index in [0.717, 1.165) is 37.7 Å². The Balaban J connectivity index is 1.65. The van der Waals surface area contributed by atoms with Gasteiger partial charge in [0.05, 0.1) is 0 Å². The highest BCUT2D eigenvalue weighted by atomic mass is 15.0. The predicted octanol–water partition coefficient (Wildman–Crippen LogP) is 1.77. The van der Waals surface area contributed by atoms with E-state index in [4.69, 9.17) is 0 Å². The number of nitrogens with zero attached hydrogens (tertiary/aromatic N) is 2. The fourth-order valence-corrected chi connectivity index (χ4v) is 3.01. The molecule has 1 atom stereocenters. The van der Waals surface area contributed by atoms with Crippen LogP contribution in [0.2, 0.25) is 0 Å². The Labute approximate surface area is 109 Å². The molecule has 0 aromatic carbocycles. The zero-order chi connectivity index (χ0) is 12.2. The summed E-state index contributed by atoms with van der Waals surface area (Å²) in [5, 5.41) is 7.01. The lowest BCUT2D eigenvalue weighted by atomic mass is 9.96. The average molecular weight is 246 g/mol. The number of anilines is 1. The van der Waals surface area contributed by atoms with Gasteiger partial charge in [0.15, 0.2) is 0 Å². The normalized spacial score (nSPS) is 23.4. The van der Waals surface area contributed by atoms with E-state index in [1.807, 2.05) is 0 Å².